The predicted molar refractivity (Wildman–Crippen MR) is 103 cm³/mol. The molecule has 0 radical (unpaired) electrons. The lowest BCUT2D eigenvalue weighted by atomic mass is 10.2. The van der Waals surface area contributed by atoms with Crippen molar-refractivity contribution in [1.29, 1.82) is 0 Å². The molecule has 0 aliphatic heterocycles. The van der Waals surface area contributed by atoms with Crippen LogP contribution >= 0.6 is 11.3 Å². The highest BCUT2D eigenvalue weighted by molar-refractivity contribution is 7.17. The van der Waals surface area contributed by atoms with Gasteiger partial charge in [-0.1, -0.05) is 30.3 Å². The molecular weight excluding hydrogens is 379 g/mol. The molecule has 0 spiro atoms. The van der Waals surface area contributed by atoms with E-state index in [1.165, 1.54) is 23.5 Å². The molecule has 0 fully saturated rings. The second-order valence-corrected chi connectivity index (χ2v) is 7.11. The van der Waals surface area contributed by atoms with Gasteiger partial charge in [0.2, 0.25) is 5.89 Å². The molecule has 0 unspecified atom stereocenters. The number of halogens is 1. The SMILES string of the molecule is C[C@H](OC(=O)c1ccc(-c2ccc(F)cc2)s1)c1nnc(-c2ccccc2)o1. The van der Waals surface area contributed by atoms with E-state index in [0.29, 0.717) is 10.8 Å². The minimum Gasteiger partial charge on any atom is -0.448 e. The summed E-state index contributed by atoms with van der Waals surface area (Å²) in [6.45, 7) is 1.68. The molecule has 2 aromatic heterocycles. The van der Waals surface area contributed by atoms with Crippen LogP contribution in [0.5, 0.6) is 0 Å². The molecule has 0 amide bonds. The third kappa shape index (κ3) is 3.84. The van der Waals surface area contributed by atoms with Crippen LogP contribution in [0.2, 0.25) is 0 Å². The average molecular weight is 394 g/mol. The van der Waals surface area contributed by atoms with E-state index >= 15 is 0 Å². The summed E-state index contributed by atoms with van der Waals surface area (Å²) in [5, 5.41) is 7.98. The van der Waals surface area contributed by atoms with E-state index < -0.39 is 12.1 Å². The number of ether oxygens (including phenoxy) is 1. The summed E-state index contributed by atoms with van der Waals surface area (Å²) < 4.78 is 24.1. The van der Waals surface area contributed by atoms with Crippen molar-refractivity contribution < 1.29 is 18.3 Å². The summed E-state index contributed by atoms with van der Waals surface area (Å²) in [7, 11) is 0. The Kier molecular flexibility index (Phi) is 4.99. The van der Waals surface area contributed by atoms with Gasteiger partial charge in [0.25, 0.3) is 5.89 Å². The minimum absolute atomic E-state index is 0.225. The molecule has 2 heterocycles. The molecule has 7 heteroatoms. The van der Waals surface area contributed by atoms with Crippen LogP contribution in [-0.4, -0.2) is 16.2 Å². The van der Waals surface area contributed by atoms with Gasteiger partial charge >= 0.3 is 5.97 Å². The Morgan fingerprint density at radius 2 is 1.75 bits per heavy atom. The van der Waals surface area contributed by atoms with Crippen LogP contribution in [-0.2, 0) is 4.74 Å². The Morgan fingerprint density at radius 1 is 1.00 bits per heavy atom. The Balaban J connectivity index is 1.45. The number of nitrogens with zero attached hydrogens (tertiary/aromatic N) is 2. The maximum atomic E-state index is 13.1. The zero-order chi connectivity index (χ0) is 19.5. The van der Waals surface area contributed by atoms with E-state index in [-0.39, 0.29) is 11.7 Å². The molecule has 1 atom stereocenters. The average Bonchev–Trinajstić information content (AvgIpc) is 3.39. The maximum absolute atomic E-state index is 13.1. The van der Waals surface area contributed by atoms with E-state index in [1.807, 2.05) is 30.3 Å². The van der Waals surface area contributed by atoms with Gasteiger partial charge < -0.3 is 9.15 Å². The van der Waals surface area contributed by atoms with Gasteiger partial charge in [0.05, 0.1) is 0 Å². The number of aromatic nitrogens is 2. The normalized spacial score (nSPS) is 11.9. The molecule has 0 bridgehead atoms. The van der Waals surface area contributed by atoms with Crippen molar-refractivity contribution in [2.75, 3.05) is 0 Å². The fourth-order valence-electron chi connectivity index (χ4n) is 2.58. The molecular formula is C21H15FN2O3S. The van der Waals surface area contributed by atoms with Crippen LogP contribution in [0.4, 0.5) is 4.39 Å². The molecule has 5 nitrogen and oxygen atoms in total. The van der Waals surface area contributed by atoms with Gasteiger partial charge in [-0.2, -0.15) is 0 Å². The number of benzene rings is 2. The summed E-state index contributed by atoms with van der Waals surface area (Å²) >= 11 is 1.28. The highest BCUT2D eigenvalue weighted by Gasteiger charge is 2.21. The summed E-state index contributed by atoms with van der Waals surface area (Å²) in [5.74, 6) is -0.191. The van der Waals surface area contributed by atoms with Crippen LogP contribution in [0.1, 0.15) is 28.6 Å². The van der Waals surface area contributed by atoms with Crippen LogP contribution in [0.15, 0.2) is 71.1 Å². The molecule has 140 valence electrons. The predicted octanol–water partition coefficient (Wildman–Crippen LogP) is 5.52. The molecule has 0 aliphatic carbocycles. The van der Waals surface area contributed by atoms with Crippen molar-refractivity contribution >= 4 is 17.3 Å². The Labute approximate surface area is 164 Å². The summed E-state index contributed by atoms with van der Waals surface area (Å²) in [5.41, 5.74) is 1.63. The molecule has 0 N–H and O–H groups in total. The highest BCUT2D eigenvalue weighted by atomic mass is 32.1. The van der Waals surface area contributed by atoms with Crippen LogP contribution in [0.25, 0.3) is 21.9 Å². The van der Waals surface area contributed by atoms with Crippen molar-refractivity contribution in [3.05, 3.63) is 83.3 Å². The van der Waals surface area contributed by atoms with E-state index in [0.717, 1.165) is 16.0 Å². The number of carbonyl (C=O) groups excluding carboxylic acids is 1. The second-order valence-electron chi connectivity index (χ2n) is 6.03. The summed E-state index contributed by atoms with van der Waals surface area (Å²) in [6.07, 6.45) is -0.686. The third-order valence-electron chi connectivity index (χ3n) is 4.03. The van der Waals surface area contributed by atoms with Gasteiger partial charge in [-0.3, -0.25) is 0 Å². The van der Waals surface area contributed by atoms with Gasteiger partial charge in [-0.25, -0.2) is 9.18 Å². The topological polar surface area (TPSA) is 65.2 Å². The van der Waals surface area contributed by atoms with E-state index in [1.54, 1.807) is 31.2 Å². The molecule has 0 saturated heterocycles. The Bertz CT molecular complexity index is 1090. The minimum atomic E-state index is -0.686. The Hall–Kier alpha value is -3.32. The molecule has 28 heavy (non-hydrogen) atoms. The number of esters is 1. The third-order valence-corrected chi connectivity index (χ3v) is 5.14. The van der Waals surface area contributed by atoms with Gasteiger partial charge in [0.1, 0.15) is 10.7 Å². The van der Waals surface area contributed by atoms with Crippen LogP contribution < -0.4 is 0 Å². The molecule has 4 rings (SSSR count). The largest absolute Gasteiger partial charge is 0.448 e. The van der Waals surface area contributed by atoms with Crippen LogP contribution in [0, 0.1) is 5.82 Å². The van der Waals surface area contributed by atoms with Crippen molar-refractivity contribution in [3.63, 3.8) is 0 Å². The number of rotatable bonds is 5. The molecule has 0 saturated carbocycles. The van der Waals surface area contributed by atoms with Crippen molar-refractivity contribution in [2.24, 2.45) is 0 Å². The van der Waals surface area contributed by atoms with Gasteiger partial charge in [-0.15, -0.1) is 21.5 Å². The van der Waals surface area contributed by atoms with E-state index in [9.17, 15) is 9.18 Å². The monoisotopic (exact) mass is 394 g/mol. The standard InChI is InChI=1S/C21H15FN2O3S/c1-13(19-23-24-20(27-19)15-5-3-2-4-6-15)26-21(25)18-12-11-17(28-18)14-7-9-16(22)10-8-14/h2-13H,1H3/t13-/m0/s1. The van der Waals surface area contributed by atoms with Gasteiger partial charge in [-0.05, 0) is 48.9 Å². The molecule has 0 aliphatic rings. The summed E-state index contributed by atoms with van der Waals surface area (Å²) in [6, 6.07) is 19.0. The first kappa shape index (κ1) is 18.1. The lowest BCUT2D eigenvalue weighted by Gasteiger charge is -2.07. The number of carbonyl (C=O) groups is 1. The fraction of sp³-hybridized carbons (Fsp3) is 0.0952. The summed E-state index contributed by atoms with van der Waals surface area (Å²) in [4.78, 5) is 13.7. The quantitative estimate of drug-likeness (QED) is 0.417. The number of thiophene rings is 1. The zero-order valence-corrected chi connectivity index (χ0v) is 15.7. The highest BCUT2D eigenvalue weighted by Crippen LogP contribution is 2.30. The van der Waals surface area contributed by atoms with Crippen molar-refractivity contribution in [2.45, 2.75) is 13.0 Å². The lowest BCUT2D eigenvalue weighted by molar-refractivity contribution is 0.0285. The Morgan fingerprint density at radius 3 is 2.50 bits per heavy atom. The maximum Gasteiger partial charge on any atom is 0.349 e. The van der Waals surface area contributed by atoms with Crippen molar-refractivity contribution in [3.8, 4) is 21.9 Å². The fourth-order valence-corrected chi connectivity index (χ4v) is 3.48. The van der Waals surface area contributed by atoms with E-state index in [2.05, 4.69) is 10.2 Å². The molecule has 4 aromatic rings. The first-order valence-corrected chi connectivity index (χ1v) is 9.37. The van der Waals surface area contributed by atoms with E-state index in [4.69, 9.17) is 9.15 Å². The molecule has 2 aromatic carbocycles. The lowest BCUT2D eigenvalue weighted by Crippen LogP contribution is -2.08. The zero-order valence-electron chi connectivity index (χ0n) is 14.8. The second kappa shape index (κ2) is 7.74. The van der Waals surface area contributed by atoms with Gasteiger partial charge in [0, 0.05) is 10.4 Å². The first-order chi connectivity index (χ1) is 13.6. The smallest absolute Gasteiger partial charge is 0.349 e. The van der Waals surface area contributed by atoms with Crippen molar-refractivity contribution in [1.82, 2.24) is 10.2 Å². The van der Waals surface area contributed by atoms with Crippen LogP contribution in [0.3, 0.4) is 0 Å². The van der Waals surface area contributed by atoms with Gasteiger partial charge in [0.15, 0.2) is 6.10 Å². The number of hydrogen-bond acceptors (Lipinski definition) is 6. The number of hydrogen-bond donors (Lipinski definition) is 0. The first-order valence-electron chi connectivity index (χ1n) is 8.56.